The number of halogens is 2. The molecule has 0 amide bonds. The van der Waals surface area contributed by atoms with Crippen LogP contribution in [-0.4, -0.2) is 24.1 Å². The van der Waals surface area contributed by atoms with Crippen molar-refractivity contribution >= 4 is 17.4 Å². The zero-order chi connectivity index (χ0) is 15.5. The molecule has 1 saturated heterocycles. The second-order valence-electron chi connectivity index (χ2n) is 5.39. The predicted octanol–water partition coefficient (Wildman–Crippen LogP) is 2.99. The van der Waals surface area contributed by atoms with E-state index in [-0.39, 0.29) is 11.9 Å². The highest BCUT2D eigenvalue weighted by molar-refractivity contribution is 6.33. The van der Waals surface area contributed by atoms with Gasteiger partial charge in [0.05, 0.1) is 11.2 Å². The maximum absolute atomic E-state index is 12.8. The molecule has 22 heavy (non-hydrogen) atoms. The molecule has 4 nitrogen and oxygen atoms in total. The third-order valence-electron chi connectivity index (χ3n) is 3.64. The van der Waals surface area contributed by atoms with Crippen molar-refractivity contribution < 1.29 is 9.13 Å². The number of nitrogens with zero attached hydrogens (tertiary/aromatic N) is 2. The Balaban J connectivity index is 1.65. The molecule has 0 aliphatic carbocycles. The first kappa shape index (κ1) is 15.1. The molecule has 2 aromatic rings. The number of hydrogen-bond donors (Lipinski definition) is 1. The van der Waals surface area contributed by atoms with Crippen LogP contribution in [0.4, 0.5) is 10.2 Å². The van der Waals surface area contributed by atoms with Gasteiger partial charge in [0, 0.05) is 25.2 Å². The van der Waals surface area contributed by atoms with Gasteiger partial charge in [0.2, 0.25) is 0 Å². The third kappa shape index (κ3) is 3.48. The summed E-state index contributed by atoms with van der Waals surface area (Å²) in [7, 11) is 0. The fourth-order valence-corrected chi connectivity index (χ4v) is 2.73. The van der Waals surface area contributed by atoms with Crippen molar-refractivity contribution in [3.63, 3.8) is 0 Å². The number of benzene rings is 1. The van der Waals surface area contributed by atoms with Crippen molar-refractivity contribution in [1.29, 1.82) is 0 Å². The van der Waals surface area contributed by atoms with Crippen molar-refractivity contribution in [3.8, 4) is 5.75 Å². The topological polar surface area (TPSA) is 51.4 Å². The Morgan fingerprint density at radius 2 is 2.14 bits per heavy atom. The molecule has 6 heteroatoms. The smallest absolute Gasteiger partial charge is 0.147 e. The highest BCUT2D eigenvalue weighted by atomic mass is 35.5. The minimum Gasteiger partial charge on any atom is -0.487 e. The van der Waals surface area contributed by atoms with Gasteiger partial charge in [-0.15, -0.1) is 0 Å². The largest absolute Gasteiger partial charge is 0.487 e. The molecule has 2 N–H and O–H groups in total. The van der Waals surface area contributed by atoms with E-state index in [0.29, 0.717) is 17.4 Å². The predicted molar refractivity (Wildman–Crippen MR) is 84.8 cm³/mol. The summed E-state index contributed by atoms with van der Waals surface area (Å²) in [6.07, 6.45) is 2.59. The number of nitrogens with two attached hydrogens (primary N) is 1. The number of rotatable bonds is 4. The maximum atomic E-state index is 12.8. The first-order valence-electron chi connectivity index (χ1n) is 7.15. The average Bonchev–Trinajstić information content (AvgIpc) is 2.93. The Bertz CT molecular complexity index is 650. The lowest BCUT2D eigenvalue weighted by atomic mass is 10.2. The molecule has 2 heterocycles. The van der Waals surface area contributed by atoms with Gasteiger partial charge < -0.3 is 15.4 Å². The van der Waals surface area contributed by atoms with Crippen LogP contribution in [0.1, 0.15) is 12.0 Å². The summed E-state index contributed by atoms with van der Waals surface area (Å²) >= 11 is 6.29. The molecular formula is C16H17ClFN3O. The van der Waals surface area contributed by atoms with Gasteiger partial charge in [-0.25, -0.2) is 9.37 Å². The van der Waals surface area contributed by atoms with Crippen LogP contribution in [0, 0.1) is 5.82 Å². The third-order valence-corrected chi connectivity index (χ3v) is 3.92. The normalized spacial score (nSPS) is 17.8. The Hall–Kier alpha value is -1.85. The van der Waals surface area contributed by atoms with E-state index in [4.69, 9.17) is 22.1 Å². The fourth-order valence-electron chi connectivity index (χ4n) is 2.45. The van der Waals surface area contributed by atoms with Gasteiger partial charge in [-0.1, -0.05) is 23.7 Å². The van der Waals surface area contributed by atoms with Crippen LogP contribution in [0.5, 0.6) is 5.75 Å². The van der Waals surface area contributed by atoms with E-state index in [9.17, 15) is 4.39 Å². The molecule has 0 bridgehead atoms. The van der Waals surface area contributed by atoms with Crippen molar-refractivity contribution in [2.75, 3.05) is 18.0 Å². The molecule has 1 atom stereocenters. The zero-order valence-electron chi connectivity index (χ0n) is 12.0. The minimum absolute atomic E-state index is 0.173. The fraction of sp³-hybridized carbons (Fsp3) is 0.312. The van der Waals surface area contributed by atoms with Crippen LogP contribution in [-0.2, 0) is 6.61 Å². The summed E-state index contributed by atoms with van der Waals surface area (Å²) in [5, 5.41) is 0.547. The van der Waals surface area contributed by atoms with Gasteiger partial charge in [0.1, 0.15) is 24.0 Å². The lowest BCUT2D eigenvalue weighted by Gasteiger charge is -2.18. The summed E-state index contributed by atoms with van der Waals surface area (Å²) in [5.74, 6) is 1.06. The highest BCUT2D eigenvalue weighted by Gasteiger charge is 2.22. The highest BCUT2D eigenvalue weighted by Crippen LogP contribution is 2.29. The Morgan fingerprint density at radius 1 is 1.36 bits per heavy atom. The van der Waals surface area contributed by atoms with Crippen LogP contribution < -0.4 is 15.4 Å². The van der Waals surface area contributed by atoms with E-state index >= 15 is 0 Å². The molecule has 0 spiro atoms. The monoisotopic (exact) mass is 321 g/mol. The molecule has 116 valence electrons. The van der Waals surface area contributed by atoms with Crippen LogP contribution in [0.15, 0.2) is 36.5 Å². The van der Waals surface area contributed by atoms with E-state index in [0.717, 1.165) is 30.9 Å². The molecule has 0 saturated carbocycles. The Kier molecular flexibility index (Phi) is 4.45. The Labute approximate surface area is 133 Å². The molecule has 1 aliphatic rings. The first-order valence-corrected chi connectivity index (χ1v) is 7.53. The van der Waals surface area contributed by atoms with E-state index < -0.39 is 0 Å². The SMILES string of the molecule is N[C@@H]1CCN(c2ncc(OCc3ccc(F)cc3)cc2Cl)C1. The van der Waals surface area contributed by atoms with Crippen molar-refractivity contribution in [2.24, 2.45) is 5.73 Å². The standard InChI is InChI=1S/C16H17ClFN3O/c17-15-7-14(22-10-11-1-3-12(18)4-2-11)8-20-16(15)21-6-5-13(19)9-21/h1-4,7-8,13H,5-6,9-10,19H2/t13-/m1/s1. The summed E-state index contributed by atoms with van der Waals surface area (Å²) in [4.78, 5) is 6.45. The first-order chi connectivity index (χ1) is 10.6. The van der Waals surface area contributed by atoms with Gasteiger partial charge in [-0.2, -0.15) is 0 Å². The lowest BCUT2D eigenvalue weighted by Crippen LogP contribution is -2.27. The summed E-state index contributed by atoms with van der Waals surface area (Å²) < 4.78 is 18.5. The second kappa shape index (κ2) is 6.50. The van der Waals surface area contributed by atoms with Gasteiger partial charge in [0.25, 0.3) is 0 Å². The van der Waals surface area contributed by atoms with Gasteiger partial charge in [-0.05, 0) is 24.1 Å². The van der Waals surface area contributed by atoms with Crippen molar-refractivity contribution in [2.45, 2.75) is 19.1 Å². The van der Waals surface area contributed by atoms with Gasteiger partial charge in [-0.3, -0.25) is 0 Å². The van der Waals surface area contributed by atoms with E-state index in [1.807, 2.05) is 0 Å². The molecule has 0 radical (unpaired) electrons. The van der Waals surface area contributed by atoms with Gasteiger partial charge in [0.15, 0.2) is 0 Å². The summed E-state index contributed by atoms with van der Waals surface area (Å²) in [6, 6.07) is 8.10. The maximum Gasteiger partial charge on any atom is 0.147 e. The van der Waals surface area contributed by atoms with Gasteiger partial charge >= 0.3 is 0 Å². The molecule has 1 aliphatic heterocycles. The summed E-state index contributed by atoms with van der Waals surface area (Å²) in [6.45, 7) is 1.97. The van der Waals surface area contributed by atoms with E-state index in [2.05, 4.69) is 9.88 Å². The Morgan fingerprint density at radius 3 is 2.77 bits per heavy atom. The molecule has 1 fully saturated rings. The van der Waals surface area contributed by atoms with Crippen LogP contribution in [0.2, 0.25) is 5.02 Å². The van der Waals surface area contributed by atoms with Crippen molar-refractivity contribution in [3.05, 3.63) is 52.9 Å². The number of hydrogen-bond acceptors (Lipinski definition) is 4. The molecule has 1 aromatic carbocycles. The zero-order valence-corrected chi connectivity index (χ0v) is 12.8. The quantitative estimate of drug-likeness (QED) is 0.940. The number of pyridine rings is 1. The molecule has 1 aromatic heterocycles. The van der Waals surface area contributed by atoms with E-state index in [1.54, 1.807) is 24.4 Å². The molecular weight excluding hydrogens is 305 g/mol. The second-order valence-corrected chi connectivity index (χ2v) is 5.79. The van der Waals surface area contributed by atoms with Crippen LogP contribution in [0.3, 0.4) is 0 Å². The average molecular weight is 322 g/mol. The van der Waals surface area contributed by atoms with Crippen LogP contribution in [0.25, 0.3) is 0 Å². The molecule has 0 unspecified atom stereocenters. The van der Waals surface area contributed by atoms with Crippen LogP contribution >= 0.6 is 11.6 Å². The lowest BCUT2D eigenvalue weighted by molar-refractivity contribution is 0.305. The van der Waals surface area contributed by atoms with E-state index in [1.165, 1.54) is 12.1 Å². The van der Waals surface area contributed by atoms with Crippen molar-refractivity contribution in [1.82, 2.24) is 4.98 Å². The number of anilines is 1. The molecule has 3 rings (SSSR count). The minimum atomic E-state index is -0.262. The number of ether oxygens (including phenoxy) is 1. The summed E-state index contributed by atoms with van der Waals surface area (Å²) in [5.41, 5.74) is 6.78. The number of aromatic nitrogens is 1.